The van der Waals surface area contributed by atoms with Crippen molar-refractivity contribution >= 4 is 53.3 Å². The molecule has 0 saturated carbocycles. The van der Waals surface area contributed by atoms with Crippen LogP contribution in [0, 0.1) is 0 Å². The van der Waals surface area contributed by atoms with Gasteiger partial charge in [0.2, 0.25) is 5.82 Å². The summed E-state index contributed by atoms with van der Waals surface area (Å²) in [6, 6.07) is 0. The number of carboxylic acid groups (broad SMARTS) is 2. The molecule has 0 spiro atoms. The molecule has 17 nitrogen and oxygen atoms in total. The third-order valence-corrected chi connectivity index (χ3v) is 6.25. The Morgan fingerprint density at radius 2 is 1.49 bits per heavy atom. The number of hydrogen-bond donors (Lipinski definition) is 2. The lowest BCUT2D eigenvalue weighted by Gasteiger charge is -2.37. The monoisotopic (exact) mass is 632 g/mol. The molecule has 2 heterocycles. The first-order valence-corrected chi connectivity index (χ1v) is 14.0. The highest BCUT2D eigenvalue weighted by Crippen LogP contribution is 2.27. The number of carbonyl (C=O) groups is 6. The van der Waals surface area contributed by atoms with Crippen molar-refractivity contribution in [3.63, 3.8) is 0 Å². The van der Waals surface area contributed by atoms with Crippen molar-refractivity contribution in [2.45, 2.75) is 58.1 Å². The summed E-state index contributed by atoms with van der Waals surface area (Å²) >= 11 is 0.917. The average molecular weight is 633 g/mol. The van der Waals surface area contributed by atoms with Gasteiger partial charge in [0.1, 0.15) is 6.61 Å². The Labute approximate surface area is 251 Å². The average Bonchev–Trinajstić information content (AvgIpc) is 3.42. The smallest absolute Gasteiger partial charge is 0.344 e. The molecule has 1 aromatic heterocycles. The standard InChI is InChI=1S/C25H36N4O13S/c1-25(2,3)29(17(30)14-39-20(35)6-4-18(31)32)12-16(42-22(37)15-40-21(36)7-5-19(33)34)13-41-24-23(26-43-27-24)28-8-10-38-11-9-28/h16H,4-15H2,1-3H3,(H,31,32)(H,33,34). The fourth-order valence-electron chi connectivity index (χ4n) is 3.63. The molecule has 18 heteroatoms. The first-order chi connectivity index (χ1) is 20.3. The Bertz CT molecular complexity index is 1130. The molecule has 240 valence electrons. The molecule has 1 aromatic rings. The molecular weight excluding hydrogens is 596 g/mol. The van der Waals surface area contributed by atoms with Crippen LogP contribution in [0.4, 0.5) is 5.82 Å². The normalized spacial score (nSPS) is 13.9. The van der Waals surface area contributed by atoms with E-state index < -0.39 is 86.3 Å². The van der Waals surface area contributed by atoms with Crippen molar-refractivity contribution in [1.82, 2.24) is 13.6 Å². The minimum atomic E-state index is -1.20. The van der Waals surface area contributed by atoms with Crippen LogP contribution >= 0.6 is 11.7 Å². The van der Waals surface area contributed by atoms with Crippen LogP contribution in [0.1, 0.15) is 46.5 Å². The van der Waals surface area contributed by atoms with Gasteiger partial charge in [-0.25, -0.2) is 4.79 Å². The second kappa shape index (κ2) is 17.2. The number of carboxylic acids is 2. The maximum absolute atomic E-state index is 13.1. The number of aliphatic carboxylic acids is 2. The molecule has 1 aliphatic heterocycles. The number of esters is 3. The number of nitrogens with zero attached hydrogens (tertiary/aromatic N) is 4. The maximum atomic E-state index is 13.1. The Hall–Kier alpha value is -4.06. The topological polar surface area (TPSA) is 221 Å². The number of morpholine rings is 1. The Kier molecular flexibility index (Phi) is 14.0. The Balaban J connectivity index is 2.13. The Morgan fingerprint density at radius 1 is 0.907 bits per heavy atom. The molecule has 2 rings (SSSR count). The van der Waals surface area contributed by atoms with Crippen molar-refractivity contribution < 1.29 is 62.7 Å². The lowest BCUT2D eigenvalue weighted by atomic mass is 10.1. The highest BCUT2D eigenvalue weighted by molar-refractivity contribution is 6.99. The van der Waals surface area contributed by atoms with E-state index in [-0.39, 0.29) is 19.0 Å². The summed E-state index contributed by atoms with van der Waals surface area (Å²) in [4.78, 5) is 73.8. The maximum Gasteiger partial charge on any atom is 0.344 e. The van der Waals surface area contributed by atoms with Crippen molar-refractivity contribution in [2.75, 3.05) is 57.6 Å². The van der Waals surface area contributed by atoms with Gasteiger partial charge in [-0.05, 0) is 20.8 Å². The Morgan fingerprint density at radius 3 is 2.05 bits per heavy atom. The van der Waals surface area contributed by atoms with E-state index in [2.05, 4.69) is 8.75 Å². The van der Waals surface area contributed by atoms with Gasteiger partial charge in [0.05, 0.1) is 57.2 Å². The molecule has 0 aliphatic carbocycles. The van der Waals surface area contributed by atoms with E-state index in [1.54, 1.807) is 20.8 Å². The lowest BCUT2D eigenvalue weighted by molar-refractivity contribution is -0.167. The fourth-order valence-corrected chi connectivity index (χ4v) is 4.15. The van der Waals surface area contributed by atoms with E-state index in [9.17, 15) is 28.8 Å². The van der Waals surface area contributed by atoms with Crippen LogP contribution < -0.4 is 9.64 Å². The van der Waals surface area contributed by atoms with E-state index in [1.807, 2.05) is 4.90 Å². The van der Waals surface area contributed by atoms with Crippen LogP contribution in [0.15, 0.2) is 0 Å². The highest BCUT2D eigenvalue weighted by Gasteiger charge is 2.32. The number of amides is 1. The molecule has 1 aliphatic rings. The van der Waals surface area contributed by atoms with Crippen LogP contribution in [0.3, 0.4) is 0 Å². The third-order valence-electron chi connectivity index (χ3n) is 5.75. The molecule has 0 bridgehead atoms. The lowest BCUT2D eigenvalue weighted by Crippen LogP contribution is -2.52. The van der Waals surface area contributed by atoms with Gasteiger partial charge >= 0.3 is 29.8 Å². The van der Waals surface area contributed by atoms with Gasteiger partial charge in [0, 0.05) is 18.6 Å². The molecular formula is C25H36N4O13S. The first-order valence-electron chi connectivity index (χ1n) is 13.3. The third kappa shape index (κ3) is 13.2. The van der Waals surface area contributed by atoms with E-state index in [1.165, 1.54) is 4.90 Å². The summed E-state index contributed by atoms with van der Waals surface area (Å²) in [5.74, 6) is -5.16. The van der Waals surface area contributed by atoms with Gasteiger partial charge in [-0.3, -0.25) is 24.0 Å². The predicted octanol–water partition coefficient (Wildman–Crippen LogP) is 0.108. The summed E-state index contributed by atoms with van der Waals surface area (Å²) < 4.78 is 34.9. The van der Waals surface area contributed by atoms with Crippen LogP contribution in [0.5, 0.6) is 5.88 Å². The molecule has 1 atom stereocenters. The zero-order chi connectivity index (χ0) is 32.0. The van der Waals surface area contributed by atoms with Crippen LogP contribution in [0.2, 0.25) is 0 Å². The van der Waals surface area contributed by atoms with Crippen LogP contribution in [0.25, 0.3) is 0 Å². The van der Waals surface area contributed by atoms with Gasteiger partial charge in [0.25, 0.3) is 11.8 Å². The van der Waals surface area contributed by atoms with Gasteiger partial charge in [-0.15, -0.1) is 4.37 Å². The van der Waals surface area contributed by atoms with E-state index in [0.29, 0.717) is 32.1 Å². The van der Waals surface area contributed by atoms with Gasteiger partial charge in [-0.1, -0.05) is 0 Å². The molecule has 0 aromatic carbocycles. The SMILES string of the molecule is CC(C)(C)N(CC(COc1nsnc1N1CCOCC1)OC(=O)COC(=O)CCC(=O)O)C(=O)COC(=O)CCC(=O)O. The summed E-state index contributed by atoms with van der Waals surface area (Å²) in [6.45, 7) is 5.17. The van der Waals surface area contributed by atoms with Crippen molar-refractivity contribution in [3.05, 3.63) is 0 Å². The van der Waals surface area contributed by atoms with E-state index in [0.717, 1.165) is 11.7 Å². The zero-order valence-electron chi connectivity index (χ0n) is 24.1. The minimum absolute atomic E-state index is 0.175. The zero-order valence-corrected chi connectivity index (χ0v) is 25.0. The number of anilines is 1. The van der Waals surface area contributed by atoms with Gasteiger partial charge in [0.15, 0.2) is 19.3 Å². The molecule has 1 amide bonds. The van der Waals surface area contributed by atoms with Crippen molar-refractivity contribution in [1.29, 1.82) is 0 Å². The summed E-state index contributed by atoms with van der Waals surface area (Å²) in [6.07, 6.45) is -2.90. The quantitative estimate of drug-likeness (QED) is 0.172. The summed E-state index contributed by atoms with van der Waals surface area (Å²) in [5.41, 5.74) is -0.861. The van der Waals surface area contributed by atoms with Crippen molar-refractivity contribution in [3.8, 4) is 5.88 Å². The molecule has 43 heavy (non-hydrogen) atoms. The summed E-state index contributed by atoms with van der Waals surface area (Å²) in [7, 11) is 0. The van der Waals surface area contributed by atoms with Crippen LogP contribution in [-0.2, 0) is 47.7 Å². The van der Waals surface area contributed by atoms with Gasteiger partial charge < -0.3 is 43.7 Å². The van der Waals surface area contributed by atoms with Crippen LogP contribution in [-0.4, -0.2) is 124 Å². The first kappa shape index (κ1) is 35.1. The number of carbonyl (C=O) groups excluding carboxylic acids is 4. The number of aromatic nitrogens is 2. The molecule has 0 radical (unpaired) electrons. The molecule has 1 saturated heterocycles. The van der Waals surface area contributed by atoms with E-state index >= 15 is 0 Å². The molecule has 2 N–H and O–H groups in total. The predicted molar refractivity (Wildman–Crippen MR) is 145 cm³/mol. The van der Waals surface area contributed by atoms with Crippen molar-refractivity contribution in [2.24, 2.45) is 0 Å². The number of hydrogen-bond acceptors (Lipinski definition) is 15. The second-order valence-electron chi connectivity index (χ2n) is 10.2. The second-order valence-corrected chi connectivity index (χ2v) is 10.7. The largest absolute Gasteiger partial charge is 0.481 e. The highest BCUT2D eigenvalue weighted by atomic mass is 32.1. The molecule has 1 unspecified atom stereocenters. The van der Waals surface area contributed by atoms with Gasteiger partial charge in [-0.2, -0.15) is 4.37 Å². The summed E-state index contributed by atoms with van der Waals surface area (Å²) in [5, 5.41) is 17.4. The number of ether oxygens (including phenoxy) is 5. The fraction of sp³-hybridized carbons (Fsp3) is 0.680. The van der Waals surface area contributed by atoms with E-state index in [4.69, 9.17) is 33.9 Å². The molecule has 1 fully saturated rings. The minimum Gasteiger partial charge on any atom is -0.481 e. The number of rotatable bonds is 17.